The second-order valence-corrected chi connectivity index (χ2v) is 7.16. The summed E-state index contributed by atoms with van der Waals surface area (Å²) in [4.78, 5) is 0. The third kappa shape index (κ3) is 4.00. The molecule has 3 unspecified atom stereocenters. The number of epoxide rings is 1. The highest BCUT2D eigenvalue weighted by molar-refractivity contribution is 5.42. The van der Waals surface area contributed by atoms with E-state index in [9.17, 15) is 0 Å². The summed E-state index contributed by atoms with van der Waals surface area (Å²) in [5.74, 6) is 1.61. The molecule has 1 saturated heterocycles. The lowest BCUT2D eigenvalue weighted by molar-refractivity contribution is 0.329. The summed E-state index contributed by atoms with van der Waals surface area (Å²) in [5.41, 5.74) is 2.83. The molecule has 2 rings (SSSR count). The Kier molecular flexibility index (Phi) is 4.98. The molecule has 1 heterocycles. The Labute approximate surface area is 129 Å². The van der Waals surface area contributed by atoms with Gasteiger partial charge in [0.2, 0.25) is 0 Å². The molecule has 1 aliphatic rings. The van der Waals surface area contributed by atoms with Gasteiger partial charge in [-0.15, -0.1) is 0 Å². The van der Waals surface area contributed by atoms with E-state index in [-0.39, 0.29) is 5.41 Å². The molecule has 3 atom stereocenters. The van der Waals surface area contributed by atoms with Crippen molar-refractivity contribution >= 4 is 0 Å². The van der Waals surface area contributed by atoms with E-state index in [1.54, 1.807) is 0 Å². The van der Waals surface area contributed by atoms with Crippen molar-refractivity contribution in [2.45, 2.75) is 77.9 Å². The molecule has 21 heavy (non-hydrogen) atoms. The first-order valence-electron chi connectivity index (χ1n) is 8.29. The van der Waals surface area contributed by atoms with Gasteiger partial charge in [0, 0.05) is 0 Å². The van der Waals surface area contributed by atoms with E-state index < -0.39 is 0 Å². The van der Waals surface area contributed by atoms with E-state index in [0.29, 0.717) is 24.7 Å². The molecule has 2 heteroatoms. The first-order chi connectivity index (χ1) is 9.86. The molecule has 1 aromatic rings. The highest BCUT2D eigenvalue weighted by Gasteiger charge is 2.36. The maximum absolute atomic E-state index is 5.82. The monoisotopic (exact) mass is 290 g/mol. The van der Waals surface area contributed by atoms with Gasteiger partial charge < -0.3 is 9.47 Å². The molecule has 1 aliphatic heterocycles. The Balaban J connectivity index is 2.26. The predicted octanol–water partition coefficient (Wildman–Crippen LogP) is 5.05. The lowest BCUT2D eigenvalue weighted by atomic mass is 9.82. The van der Waals surface area contributed by atoms with E-state index in [2.05, 4.69) is 52.8 Å². The number of hydrogen-bond acceptors (Lipinski definition) is 2. The van der Waals surface area contributed by atoms with Crippen LogP contribution in [-0.2, 0) is 10.2 Å². The van der Waals surface area contributed by atoms with Gasteiger partial charge in [0.05, 0.1) is 18.8 Å². The number of ether oxygens (including phenoxy) is 2. The molecule has 0 amide bonds. The van der Waals surface area contributed by atoms with Crippen molar-refractivity contribution in [3.63, 3.8) is 0 Å². The fourth-order valence-corrected chi connectivity index (χ4v) is 2.97. The van der Waals surface area contributed by atoms with Crippen molar-refractivity contribution in [2.75, 3.05) is 6.61 Å². The van der Waals surface area contributed by atoms with Crippen molar-refractivity contribution < 1.29 is 9.47 Å². The summed E-state index contributed by atoms with van der Waals surface area (Å²) < 4.78 is 11.4. The minimum Gasteiger partial charge on any atom is -0.494 e. The van der Waals surface area contributed by atoms with Gasteiger partial charge in [-0.2, -0.15) is 0 Å². The first-order valence-corrected chi connectivity index (χ1v) is 8.29. The van der Waals surface area contributed by atoms with Gasteiger partial charge in [-0.05, 0) is 55.2 Å². The van der Waals surface area contributed by atoms with Crippen LogP contribution < -0.4 is 4.74 Å². The topological polar surface area (TPSA) is 21.8 Å². The van der Waals surface area contributed by atoms with E-state index in [1.807, 2.05) is 6.92 Å². The van der Waals surface area contributed by atoms with Crippen LogP contribution in [0.25, 0.3) is 0 Å². The molecule has 0 aliphatic carbocycles. The summed E-state index contributed by atoms with van der Waals surface area (Å²) in [7, 11) is 0. The van der Waals surface area contributed by atoms with Crippen LogP contribution >= 0.6 is 0 Å². The molecule has 0 N–H and O–H groups in total. The van der Waals surface area contributed by atoms with Gasteiger partial charge >= 0.3 is 0 Å². The normalized spacial score (nSPS) is 23.0. The maximum Gasteiger partial charge on any atom is 0.123 e. The lowest BCUT2D eigenvalue weighted by Crippen LogP contribution is -2.15. The minimum absolute atomic E-state index is 0.0994. The first kappa shape index (κ1) is 16.4. The van der Waals surface area contributed by atoms with Crippen molar-refractivity contribution in [3.8, 4) is 5.75 Å². The minimum atomic E-state index is 0.0994. The fraction of sp³-hybridized carbons (Fsp3) is 0.684. The molecule has 0 radical (unpaired) electrons. The summed E-state index contributed by atoms with van der Waals surface area (Å²) in [6, 6.07) is 6.74. The van der Waals surface area contributed by atoms with Crippen LogP contribution in [0, 0.1) is 0 Å². The second-order valence-electron chi connectivity index (χ2n) is 7.16. The lowest BCUT2D eigenvalue weighted by Gasteiger charge is -2.25. The average molecular weight is 290 g/mol. The Morgan fingerprint density at radius 2 is 1.90 bits per heavy atom. The highest BCUT2D eigenvalue weighted by atomic mass is 16.6. The summed E-state index contributed by atoms with van der Waals surface area (Å²) in [6.45, 7) is 13.9. The van der Waals surface area contributed by atoms with Crippen molar-refractivity contribution in [1.82, 2.24) is 0 Å². The van der Waals surface area contributed by atoms with Crippen molar-refractivity contribution in [2.24, 2.45) is 0 Å². The Bertz CT molecular complexity index is 473. The molecule has 118 valence electrons. The van der Waals surface area contributed by atoms with Gasteiger partial charge in [-0.25, -0.2) is 0 Å². The fourth-order valence-electron chi connectivity index (χ4n) is 2.97. The van der Waals surface area contributed by atoms with Crippen molar-refractivity contribution in [1.29, 1.82) is 0 Å². The average Bonchev–Trinajstić information content (AvgIpc) is 3.11. The van der Waals surface area contributed by atoms with Gasteiger partial charge in [0.15, 0.2) is 0 Å². The third-order valence-corrected chi connectivity index (χ3v) is 4.43. The Morgan fingerprint density at radius 1 is 1.24 bits per heavy atom. The molecule has 0 aromatic heterocycles. The summed E-state index contributed by atoms with van der Waals surface area (Å²) in [6.07, 6.45) is 3.20. The van der Waals surface area contributed by atoms with E-state index in [4.69, 9.17) is 9.47 Å². The van der Waals surface area contributed by atoms with Gasteiger partial charge in [0.1, 0.15) is 5.75 Å². The Morgan fingerprint density at radius 3 is 2.38 bits per heavy atom. The van der Waals surface area contributed by atoms with Crippen LogP contribution in [0.1, 0.15) is 71.4 Å². The van der Waals surface area contributed by atoms with E-state index in [0.717, 1.165) is 18.6 Å². The van der Waals surface area contributed by atoms with Crippen LogP contribution in [-0.4, -0.2) is 18.8 Å². The second kappa shape index (κ2) is 6.39. The molecule has 2 nitrogen and oxygen atoms in total. The molecule has 0 saturated carbocycles. The van der Waals surface area contributed by atoms with Crippen LogP contribution in [0.15, 0.2) is 18.2 Å². The number of hydrogen-bond donors (Lipinski definition) is 0. The van der Waals surface area contributed by atoms with Crippen LogP contribution in [0.5, 0.6) is 5.75 Å². The molecule has 0 spiro atoms. The van der Waals surface area contributed by atoms with Gasteiger partial charge in [-0.1, -0.05) is 39.8 Å². The van der Waals surface area contributed by atoms with Crippen molar-refractivity contribution in [3.05, 3.63) is 29.3 Å². The van der Waals surface area contributed by atoms with Crippen LogP contribution in [0.3, 0.4) is 0 Å². The summed E-state index contributed by atoms with van der Waals surface area (Å²) >= 11 is 0. The zero-order valence-electron chi connectivity index (χ0n) is 14.4. The maximum atomic E-state index is 5.82. The quantitative estimate of drug-likeness (QED) is 0.683. The smallest absolute Gasteiger partial charge is 0.123 e. The van der Waals surface area contributed by atoms with E-state index >= 15 is 0 Å². The predicted molar refractivity (Wildman–Crippen MR) is 88.3 cm³/mol. The van der Waals surface area contributed by atoms with Gasteiger partial charge in [-0.3, -0.25) is 0 Å². The molecule has 0 bridgehead atoms. The zero-order valence-corrected chi connectivity index (χ0v) is 14.4. The third-order valence-electron chi connectivity index (χ3n) is 4.43. The molecular formula is C19H30O2. The largest absolute Gasteiger partial charge is 0.494 e. The standard InChI is InChI=1S/C19H30O2/c1-7-14(12-18-13(3)21-18)15-9-10-17(20-8-2)16(11-15)19(4,5)6/h9-11,13-14,18H,7-8,12H2,1-6H3. The molecule has 1 fully saturated rings. The van der Waals surface area contributed by atoms with Crippen LogP contribution in [0.2, 0.25) is 0 Å². The Hall–Kier alpha value is -1.02. The number of benzene rings is 1. The van der Waals surface area contributed by atoms with Crippen LogP contribution in [0.4, 0.5) is 0 Å². The molecule has 1 aromatic carbocycles. The van der Waals surface area contributed by atoms with Gasteiger partial charge in [0.25, 0.3) is 0 Å². The summed E-state index contributed by atoms with van der Waals surface area (Å²) in [5, 5.41) is 0. The number of rotatable bonds is 6. The SMILES string of the molecule is CCOc1ccc(C(CC)CC2OC2C)cc1C(C)(C)C. The van der Waals surface area contributed by atoms with E-state index in [1.165, 1.54) is 11.1 Å². The highest BCUT2D eigenvalue weighted by Crippen LogP contribution is 2.38. The zero-order chi connectivity index (χ0) is 15.6. The molecular weight excluding hydrogens is 260 g/mol.